The largest absolute Gasteiger partial charge is 0.383 e. The third-order valence-corrected chi connectivity index (χ3v) is 4.93. The van der Waals surface area contributed by atoms with Crippen LogP contribution in [-0.2, 0) is 16.1 Å². The van der Waals surface area contributed by atoms with Gasteiger partial charge in [-0.15, -0.1) is 0 Å². The minimum Gasteiger partial charge on any atom is -0.383 e. The molecule has 150 valence electrons. The summed E-state index contributed by atoms with van der Waals surface area (Å²) >= 11 is 0. The predicted octanol–water partition coefficient (Wildman–Crippen LogP) is 3.28. The number of nitrogens with zero attached hydrogens (tertiary/aromatic N) is 3. The van der Waals surface area contributed by atoms with E-state index in [4.69, 9.17) is 9.72 Å². The van der Waals surface area contributed by atoms with Crippen LogP contribution in [-0.4, -0.2) is 41.1 Å². The van der Waals surface area contributed by atoms with E-state index in [2.05, 4.69) is 0 Å². The summed E-state index contributed by atoms with van der Waals surface area (Å²) in [4.78, 5) is 32.0. The number of methoxy groups -OCH3 is 1. The average Bonchev–Trinajstić information content (AvgIpc) is 2.76. The first-order valence-corrected chi connectivity index (χ1v) is 9.51. The molecule has 0 radical (unpaired) electrons. The maximum atomic E-state index is 13.0. The molecule has 3 aromatic rings. The third kappa shape index (κ3) is 4.60. The van der Waals surface area contributed by atoms with E-state index < -0.39 is 6.04 Å². The minimum atomic E-state index is -0.392. The van der Waals surface area contributed by atoms with Gasteiger partial charge in [0.2, 0.25) is 5.91 Å². The van der Waals surface area contributed by atoms with E-state index in [0.29, 0.717) is 29.9 Å². The van der Waals surface area contributed by atoms with Gasteiger partial charge < -0.3 is 9.64 Å². The normalized spacial score (nSPS) is 12.4. The zero-order valence-electron chi connectivity index (χ0n) is 16.9. The number of hydrogen-bond acceptors (Lipinski definition) is 4. The van der Waals surface area contributed by atoms with E-state index in [9.17, 15) is 9.59 Å². The first kappa shape index (κ1) is 20.5. The molecule has 3 rings (SSSR count). The van der Waals surface area contributed by atoms with Crippen molar-refractivity contribution in [1.29, 1.82) is 0 Å². The average molecular weight is 391 g/mol. The quantitative estimate of drug-likeness (QED) is 0.580. The number of fused-ring (bicyclic) bond motifs is 1. The molecule has 0 aliphatic heterocycles. The van der Waals surface area contributed by atoms with Gasteiger partial charge >= 0.3 is 0 Å². The lowest BCUT2D eigenvalue weighted by Gasteiger charge is -2.26. The van der Waals surface area contributed by atoms with Crippen LogP contribution in [0.5, 0.6) is 0 Å². The first-order valence-electron chi connectivity index (χ1n) is 9.51. The van der Waals surface area contributed by atoms with E-state index in [-0.39, 0.29) is 11.5 Å². The number of carbonyl (C=O) groups excluding carboxylic acids is 1. The van der Waals surface area contributed by atoms with Crippen LogP contribution < -0.4 is 5.56 Å². The highest BCUT2D eigenvalue weighted by Crippen LogP contribution is 2.19. The second kappa shape index (κ2) is 9.30. The van der Waals surface area contributed by atoms with Gasteiger partial charge in [-0.3, -0.25) is 14.2 Å². The zero-order valence-corrected chi connectivity index (χ0v) is 16.9. The van der Waals surface area contributed by atoms with Gasteiger partial charge in [0.25, 0.3) is 5.56 Å². The van der Waals surface area contributed by atoms with Gasteiger partial charge in [0.1, 0.15) is 5.82 Å². The Morgan fingerprint density at radius 1 is 1.17 bits per heavy atom. The molecule has 0 N–H and O–H groups in total. The van der Waals surface area contributed by atoms with Crippen LogP contribution in [0, 0.1) is 0 Å². The van der Waals surface area contributed by atoms with Crippen LogP contribution in [0.15, 0.2) is 65.5 Å². The Morgan fingerprint density at radius 2 is 1.86 bits per heavy atom. The van der Waals surface area contributed by atoms with Gasteiger partial charge in [-0.25, -0.2) is 4.98 Å². The van der Waals surface area contributed by atoms with Gasteiger partial charge in [-0.05, 0) is 30.7 Å². The van der Waals surface area contributed by atoms with E-state index in [0.717, 1.165) is 5.56 Å². The smallest absolute Gasteiger partial charge is 0.261 e. The fraction of sp³-hybridized carbons (Fsp3) is 0.261. The number of amides is 1. The Kier molecular flexibility index (Phi) is 6.57. The molecule has 0 saturated carbocycles. The van der Waals surface area contributed by atoms with Crippen molar-refractivity contribution in [2.75, 3.05) is 20.8 Å². The molecule has 6 nitrogen and oxygen atoms in total. The predicted molar refractivity (Wildman–Crippen MR) is 115 cm³/mol. The lowest BCUT2D eigenvalue weighted by Crippen LogP contribution is -2.35. The number of para-hydroxylation sites is 1. The van der Waals surface area contributed by atoms with Crippen molar-refractivity contribution in [2.45, 2.75) is 19.5 Å². The molecule has 0 bridgehead atoms. The van der Waals surface area contributed by atoms with Gasteiger partial charge in [0.05, 0.1) is 30.1 Å². The summed E-state index contributed by atoms with van der Waals surface area (Å²) in [5.41, 5.74) is 1.44. The van der Waals surface area contributed by atoms with Gasteiger partial charge in [0, 0.05) is 20.2 Å². The molecule has 2 aromatic carbocycles. The van der Waals surface area contributed by atoms with Crippen molar-refractivity contribution < 1.29 is 9.53 Å². The fourth-order valence-corrected chi connectivity index (χ4v) is 3.12. The van der Waals surface area contributed by atoms with Crippen LogP contribution >= 0.6 is 0 Å². The number of ether oxygens (including phenoxy) is 1. The molecule has 1 atom stereocenters. The minimum absolute atomic E-state index is 0.129. The second-order valence-corrected chi connectivity index (χ2v) is 6.81. The Hall–Kier alpha value is -3.25. The summed E-state index contributed by atoms with van der Waals surface area (Å²) < 4.78 is 6.76. The Bertz CT molecular complexity index is 1070. The summed E-state index contributed by atoms with van der Waals surface area (Å²) in [6, 6.07) is 16.5. The van der Waals surface area contributed by atoms with Crippen LogP contribution in [0.4, 0.5) is 0 Å². The van der Waals surface area contributed by atoms with Crippen molar-refractivity contribution in [2.24, 2.45) is 0 Å². The summed E-state index contributed by atoms with van der Waals surface area (Å²) in [5.74, 6) is 0.372. The van der Waals surface area contributed by atoms with Crippen LogP contribution in [0.25, 0.3) is 17.0 Å². The molecule has 0 aliphatic rings. The molecule has 1 amide bonds. The maximum Gasteiger partial charge on any atom is 0.261 e. The highest BCUT2D eigenvalue weighted by molar-refractivity contribution is 5.91. The van der Waals surface area contributed by atoms with E-state index in [1.54, 1.807) is 35.8 Å². The van der Waals surface area contributed by atoms with Crippen LogP contribution in [0.1, 0.15) is 24.4 Å². The standard InChI is InChI=1S/C23H25N3O3/c1-17(25(2)21(27)14-13-18-9-5-4-6-10-18)22-24-20-12-8-7-11-19(20)23(28)26(22)15-16-29-3/h4-14,17H,15-16H2,1-3H3/b14-13+. The SMILES string of the molecule is COCCn1c(C(C)N(C)C(=O)/C=C/c2ccccc2)nc2ccccc2c1=O. The first-order chi connectivity index (χ1) is 14.0. The molecular weight excluding hydrogens is 366 g/mol. The second-order valence-electron chi connectivity index (χ2n) is 6.81. The molecule has 1 heterocycles. The molecule has 0 aliphatic carbocycles. The number of likely N-dealkylation sites (N-methyl/N-ethyl adjacent to an activating group) is 1. The number of carbonyl (C=O) groups is 1. The highest BCUT2D eigenvalue weighted by Gasteiger charge is 2.22. The fourth-order valence-electron chi connectivity index (χ4n) is 3.12. The number of benzene rings is 2. The molecule has 0 fully saturated rings. The van der Waals surface area contributed by atoms with Crippen molar-refractivity contribution >= 4 is 22.9 Å². The van der Waals surface area contributed by atoms with Gasteiger partial charge in [-0.2, -0.15) is 0 Å². The summed E-state index contributed by atoms with van der Waals surface area (Å²) in [5, 5.41) is 0.553. The summed E-state index contributed by atoms with van der Waals surface area (Å²) in [6.07, 6.45) is 3.31. The van der Waals surface area contributed by atoms with Crippen molar-refractivity contribution in [3.05, 3.63) is 82.4 Å². The molecule has 1 unspecified atom stereocenters. The summed E-state index contributed by atoms with van der Waals surface area (Å²) in [6.45, 7) is 2.62. The van der Waals surface area contributed by atoms with Crippen molar-refractivity contribution in [3.63, 3.8) is 0 Å². The third-order valence-electron chi connectivity index (χ3n) is 4.93. The molecule has 6 heteroatoms. The van der Waals surface area contributed by atoms with Gasteiger partial charge in [0.15, 0.2) is 0 Å². The number of aromatic nitrogens is 2. The molecule has 0 saturated heterocycles. The molecule has 1 aromatic heterocycles. The van der Waals surface area contributed by atoms with Crippen molar-refractivity contribution in [1.82, 2.24) is 14.5 Å². The van der Waals surface area contributed by atoms with Crippen molar-refractivity contribution in [3.8, 4) is 0 Å². The van der Waals surface area contributed by atoms with Crippen LogP contribution in [0.2, 0.25) is 0 Å². The van der Waals surface area contributed by atoms with E-state index in [1.807, 2.05) is 55.5 Å². The number of hydrogen-bond donors (Lipinski definition) is 0. The maximum absolute atomic E-state index is 13.0. The Morgan fingerprint density at radius 3 is 2.59 bits per heavy atom. The molecule has 0 spiro atoms. The molecule has 29 heavy (non-hydrogen) atoms. The van der Waals surface area contributed by atoms with Crippen LogP contribution in [0.3, 0.4) is 0 Å². The number of rotatable bonds is 7. The Balaban J connectivity index is 1.94. The highest BCUT2D eigenvalue weighted by atomic mass is 16.5. The topological polar surface area (TPSA) is 64.4 Å². The summed E-state index contributed by atoms with van der Waals surface area (Å²) in [7, 11) is 3.30. The Labute approximate surface area is 170 Å². The van der Waals surface area contributed by atoms with Gasteiger partial charge in [-0.1, -0.05) is 42.5 Å². The molecular formula is C23H25N3O3. The van der Waals surface area contributed by atoms with E-state index in [1.165, 1.54) is 6.08 Å². The lowest BCUT2D eigenvalue weighted by molar-refractivity contribution is -0.126. The van der Waals surface area contributed by atoms with E-state index >= 15 is 0 Å². The zero-order chi connectivity index (χ0) is 20.8. The monoisotopic (exact) mass is 391 g/mol. The lowest BCUT2D eigenvalue weighted by atomic mass is 10.2.